The van der Waals surface area contributed by atoms with Crippen molar-refractivity contribution in [2.24, 2.45) is 0 Å². The smallest absolute Gasteiger partial charge is 0.306 e. The molecule has 0 bridgehead atoms. The molecule has 0 amide bonds. The lowest BCUT2D eigenvalue weighted by Gasteiger charge is -2.12. The van der Waals surface area contributed by atoms with Crippen LogP contribution in [0, 0.1) is 0 Å². The summed E-state index contributed by atoms with van der Waals surface area (Å²) in [7, 11) is 0. The van der Waals surface area contributed by atoms with Crippen molar-refractivity contribution in [1.29, 1.82) is 0 Å². The van der Waals surface area contributed by atoms with Gasteiger partial charge in [-0.05, 0) is 12.8 Å². The van der Waals surface area contributed by atoms with Gasteiger partial charge in [0.2, 0.25) is 0 Å². The topological polar surface area (TPSA) is 87.0 Å². The SMILES string of the molecule is O=C(CCCCCCCCCCCCCCCCCO)OC(CO)CO. The molecule has 0 aromatic rings. The largest absolute Gasteiger partial charge is 0.457 e. The van der Waals surface area contributed by atoms with Gasteiger partial charge >= 0.3 is 5.97 Å². The van der Waals surface area contributed by atoms with Gasteiger partial charge in [-0.15, -0.1) is 0 Å². The number of carbonyl (C=O) groups is 1. The lowest BCUT2D eigenvalue weighted by atomic mass is 10.0. The Hall–Kier alpha value is -0.650. The van der Waals surface area contributed by atoms with E-state index in [1.54, 1.807) is 0 Å². The Morgan fingerprint density at radius 1 is 0.577 bits per heavy atom. The summed E-state index contributed by atoms with van der Waals surface area (Å²) in [6.07, 6.45) is 17.9. The lowest BCUT2D eigenvalue weighted by molar-refractivity contribution is -0.153. The molecule has 0 saturated heterocycles. The second-order valence-corrected chi connectivity index (χ2v) is 7.25. The number of aliphatic hydroxyl groups is 3. The summed E-state index contributed by atoms with van der Waals surface area (Å²) in [5.41, 5.74) is 0. The van der Waals surface area contributed by atoms with Crippen molar-refractivity contribution in [2.75, 3.05) is 19.8 Å². The van der Waals surface area contributed by atoms with E-state index in [2.05, 4.69) is 0 Å². The minimum atomic E-state index is -0.770. The van der Waals surface area contributed by atoms with E-state index in [9.17, 15) is 4.79 Å². The predicted molar refractivity (Wildman–Crippen MR) is 105 cm³/mol. The summed E-state index contributed by atoms with van der Waals surface area (Å²) in [6, 6.07) is 0. The van der Waals surface area contributed by atoms with Crippen molar-refractivity contribution < 1.29 is 24.9 Å². The van der Waals surface area contributed by atoms with Crippen molar-refractivity contribution in [3.05, 3.63) is 0 Å². The molecule has 0 atom stereocenters. The first-order valence-electron chi connectivity index (χ1n) is 10.8. The van der Waals surface area contributed by atoms with Crippen LogP contribution in [0.2, 0.25) is 0 Å². The van der Waals surface area contributed by atoms with E-state index in [-0.39, 0.29) is 19.2 Å². The van der Waals surface area contributed by atoms with Crippen LogP contribution >= 0.6 is 0 Å². The Morgan fingerprint density at radius 2 is 0.923 bits per heavy atom. The number of carbonyl (C=O) groups excluding carboxylic acids is 1. The number of rotatable bonds is 20. The number of esters is 1. The Bertz CT molecular complexity index is 292. The van der Waals surface area contributed by atoms with E-state index in [4.69, 9.17) is 20.1 Å². The molecule has 0 aliphatic rings. The molecule has 0 radical (unpaired) electrons. The minimum absolute atomic E-state index is 0.327. The van der Waals surface area contributed by atoms with Crippen LogP contribution in [0.1, 0.15) is 103 Å². The fraction of sp³-hybridized carbons (Fsp3) is 0.952. The molecule has 0 rings (SSSR count). The molecule has 5 nitrogen and oxygen atoms in total. The molecule has 5 heteroatoms. The van der Waals surface area contributed by atoms with E-state index in [1.165, 1.54) is 70.6 Å². The molecule has 0 aromatic carbocycles. The molecule has 0 aliphatic carbocycles. The summed E-state index contributed by atoms with van der Waals surface area (Å²) in [4.78, 5) is 11.5. The molecule has 0 unspecified atom stereocenters. The van der Waals surface area contributed by atoms with Crippen LogP contribution in [0.25, 0.3) is 0 Å². The highest BCUT2D eigenvalue weighted by Crippen LogP contribution is 2.13. The van der Waals surface area contributed by atoms with E-state index < -0.39 is 6.10 Å². The highest BCUT2D eigenvalue weighted by molar-refractivity contribution is 5.69. The second kappa shape index (κ2) is 20.7. The quantitative estimate of drug-likeness (QED) is 0.220. The van der Waals surface area contributed by atoms with Gasteiger partial charge in [-0.25, -0.2) is 0 Å². The van der Waals surface area contributed by atoms with Gasteiger partial charge in [0.15, 0.2) is 0 Å². The summed E-state index contributed by atoms with van der Waals surface area (Å²) >= 11 is 0. The van der Waals surface area contributed by atoms with Gasteiger partial charge in [-0.1, -0.05) is 83.5 Å². The zero-order chi connectivity index (χ0) is 19.3. The Kier molecular flexibility index (Phi) is 20.1. The van der Waals surface area contributed by atoms with Crippen LogP contribution in [0.3, 0.4) is 0 Å². The van der Waals surface area contributed by atoms with Crippen LogP contribution in [-0.2, 0) is 9.53 Å². The lowest BCUT2D eigenvalue weighted by Crippen LogP contribution is -2.25. The summed E-state index contributed by atoms with van der Waals surface area (Å²) in [5.74, 6) is -0.327. The fourth-order valence-corrected chi connectivity index (χ4v) is 3.06. The van der Waals surface area contributed by atoms with Crippen LogP contribution in [0.15, 0.2) is 0 Å². The number of aliphatic hydroxyl groups excluding tert-OH is 3. The standard InChI is InChI=1S/C21H42O5/c22-17-15-13-11-9-7-5-3-1-2-4-6-8-10-12-14-16-21(25)26-20(18-23)19-24/h20,22-24H,1-19H2. The number of hydrogen-bond acceptors (Lipinski definition) is 5. The number of hydrogen-bond donors (Lipinski definition) is 3. The average Bonchev–Trinajstić information content (AvgIpc) is 2.65. The molecule has 0 saturated carbocycles. The molecule has 0 heterocycles. The van der Waals surface area contributed by atoms with E-state index in [0.717, 1.165) is 25.7 Å². The molecule has 0 fully saturated rings. The van der Waals surface area contributed by atoms with Crippen LogP contribution in [0.4, 0.5) is 0 Å². The molecular weight excluding hydrogens is 332 g/mol. The third kappa shape index (κ3) is 18.2. The summed E-state index contributed by atoms with van der Waals surface area (Å²) < 4.78 is 4.92. The van der Waals surface area contributed by atoms with Gasteiger partial charge in [-0.3, -0.25) is 4.79 Å². The molecule has 0 aromatic heterocycles. The van der Waals surface area contributed by atoms with Gasteiger partial charge in [0.05, 0.1) is 13.2 Å². The first-order valence-corrected chi connectivity index (χ1v) is 10.8. The van der Waals surface area contributed by atoms with Crippen molar-refractivity contribution in [1.82, 2.24) is 0 Å². The van der Waals surface area contributed by atoms with Gasteiger partial charge in [0, 0.05) is 13.0 Å². The van der Waals surface area contributed by atoms with Gasteiger partial charge in [-0.2, -0.15) is 0 Å². The molecule has 0 spiro atoms. The van der Waals surface area contributed by atoms with E-state index in [0.29, 0.717) is 13.0 Å². The Balaban J connectivity index is 3.16. The first kappa shape index (κ1) is 25.4. The van der Waals surface area contributed by atoms with Crippen molar-refractivity contribution in [3.63, 3.8) is 0 Å². The van der Waals surface area contributed by atoms with E-state index >= 15 is 0 Å². The summed E-state index contributed by atoms with van der Waals surface area (Å²) in [6.45, 7) is -0.318. The fourth-order valence-electron chi connectivity index (χ4n) is 3.06. The normalized spacial score (nSPS) is 11.2. The highest BCUT2D eigenvalue weighted by atomic mass is 16.6. The summed E-state index contributed by atoms with van der Waals surface area (Å²) in [5, 5.41) is 26.4. The van der Waals surface area contributed by atoms with E-state index in [1.807, 2.05) is 0 Å². The molecule has 0 aliphatic heterocycles. The maximum absolute atomic E-state index is 11.5. The maximum Gasteiger partial charge on any atom is 0.306 e. The predicted octanol–water partition coefficient (Wildman–Crippen LogP) is 4.12. The molecule has 156 valence electrons. The maximum atomic E-state index is 11.5. The van der Waals surface area contributed by atoms with Crippen LogP contribution < -0.4 is 0 Å². The first-order chi connectivity index (χ1) is 12.7. The average molecular weight is 375 g/mol. The van der Waals surface area contributed by atoms with Crippen LogP contribution in [-0.4, -0.2) is 47.2 Å². The molecule has 26 heavy (non-hydrogen) atoms. The van der Waals surface area contributed by atoms with Gasteiger partial charge in [0.1, 0.15) is 6.10 Å². The van der Waals surface area contributed by atoms with Gasteiger partial charge < -0.3 is 20.1 Å². The zero-order valence-corrected chi connectivity index (χ0v) is 16.7. The zero-order valence-electron chi connectivity index (χ0n) is 16.7. The van der Waals surface area contributed by atoms with Crippen LogP contribution in [0.5, 0.6) is 0 Å². The highest BCUT2D eigenvalue weighted by Gasteiger charge is 2.11. The monoisotopic (exact) mass is 374 g/mol. The number of ether oxygens (including phenoxy) is 1. The molecule has 3 N–H and O–H groups in total. The minimum Gasteiger partial charge on any atom is -0.457 e. The third-order valence-electron chi connectivity index (χ3n) is 4.74. The molecular formula is C21H42O5. The second-order valence-electron chi connectivity index (χ2n) is 7.25. The number of unbranched alkanes of at least 4 members (excludes halogenated alkanes) is 14. The Morgan fingerprint density at radius 3 is 1.27 bits per heavy atom. The van der Waals surface area contributed by atoms with Crippen molar-refractivity contribution in [3.8, 4) is 0 Å². The van der Waals surface area contributed by atoms with Gasteiger partial charge in [0.25, 0.3) is 0 Å². The third-order valence-corrected chi connectivity index (χ3v) is 4.74. The van der Waals surface area contributed by atoms with Crippen molar-refractivity contribution >= 4 is 5.97 Å². The van der Waals surface area contributed by atoms with Crippen molar-refractivity contribution in [2.45, 2.75) is 109 Å². The Labute approximate surface area is 160 Å².